The highest BCUT2D eigenvalue weighted by Crippen LogP contribution is 2.24. The molecule has 18 heavy (non-hydrogen) atoms. The van der Waals surface area contributed by atoms with E-state index in [9.17, 15) is 4.39 Å². The first-order valence-electron chi connectivity index (χ1n) is 6.27. The number of halogens is 1. The lowest BCUT2D eigenvalue weighted by Gasteiger charge is -2.23. The van der Waals surface area contributed by atoms with E-state index in [1.165, 1.54) is 12.1 Å². The first-order chi connectivity index (χ1) is 8.79. The summed E-state index contributed by atoms with van der Waals surface area (Å²) in [6.45, 7) is 5.11. The van der Waals surface area contributed by atoms with Crippen molar-refractivity contribution in [2.45, 2.75) is 19.6 Å². The number of nitrogens with zero attached hydrogens (tertiary/aromatic N) is 2. The second-order valence-electron chi connectivity index (χ2n) is 4.41. The highest BCUT2D eigenvalue weighted by atomic mass is 19.1. The van der Waals surface area contributed by atoms with E-state index in [4.69, 9.17) is 4.74 Å². The van der Waals surface area contributed by atoms with Gasteiger partial charge in [0.25, 0.3) is 0 Å². The van der Waals surface area contributed by atoms with Gasteiger partial charge in [0.1, 0.15) is 17.7 Å². The molecule has 96 valence electrons. The molecule has 2 aromatic rings. The summed E-state index contributed by atoms with van der Waals surface area (Å²) in [5, 5.41) is 3.29. The third-order valence-corrected chi connectivity index (χ3v) is 3.27. The smallest absolute Gasteiger partial charge is 0.140 e. The number of aryl methyl sites for hydroxylation is 1. The summed E-state index contributed by atoms with van der Waals surface area (Å²) in [6.07, 6.45) is -0.0471. The van der Waals surface area contributed by atoms with Crippen molar-refractivity contribution in [2.24, 2.45) is 0 Å². The Morgan fingerprint density at radius 2 is 2.44 bits per heavy atom. The zero-order valence-electron chi connectivity index (χ0n) is 10.3. The average molecular weight is 249 g/mol. The molecule has 3 rings (SSSR count). The summed E-state index contributed by atoms with van der Waals surface area (Å²) in [6, 6.07) is 4.70. The van der Waals surface area contributed by atoms with Gasteiger partial charge in [-0.15, -0.1) is 0 Å². The van der Waals surface area contributed by atoms with Gasteiger partial charge in [0.2, 0.25) is 0 Å². The maximum atomic E-state index is 13.3. The Kier molecular flexibility index (Phi) is 3.01. The molecule has 0 bridgehead atoms. The summed E-state index contributed by atoms with van der Waals surface area (Å²) in [5.41, 5.74) is 1.66. The predicted molar refractivity (Wildman–Crippen MR) is 66.9 cm³/mol. The van der Waals surface area contributed by atoms with Crippen LogP contribution in [0.5, 0.6) is 0 Å². The number of rotatable bonds is 2. The van der Waals surface area contributed by atoms with Crippen molar-refractivity contribution >= 4 is 11.0 Å². The molecule has 1 saturated heterocycles. The van der Waals surface area contributed by atoms with Crippen molar-refractivity contribution in [1.29, 1.82) is 0 Å². The molecule has 1 unspecified atom stereocenters. The Hall–Kier alpha value is -1.46. The van der Waals surface area contributed by atoms with E-state index >= 15 is 0 Å². The normalized spacial score (nSPS) is 20.4. The Bertz CT molecular complexity index is 561. The number of fused-ring (bicyclic) bond motifs is 1. The first kappa shape index (κ1) is 11.6. The van der Waals surface area contributed by atoms with Crippen LogP contribution in [0.4, 0.5) is 4.39 Å². The van der Waals surface area contributed by atoms with Gasteiger partial charge in [0.15, 0.2) is 0 Å². The number of hydrogen-bond donors (Lipinski definition) is 1. The van der Waals surface area contributed by atoms with Gasteiger partial charge in [-0.2, -0.15) is 0 Å². The van der Waals surface area contributed by atoms with E-state index < -0.39 is 0 Å². The van der Waals surface area contributed by atoms with Crippen LogP contribution >= 0.6 is 0 Å². The molecule has 1 fully saturated rings. The molecule has 4 nitrogen and oxygen atoms in total. The van der Waals surface area contributed by atoms with Crippen LogP contribution in [0.3, 0.4) is 0 Å². The molecule has 0 spiro atoms. The third-order valence-electron chi connectivity index (χ3n) is 3.27. The maximum absolute atomic E-state index is 13.3. The number of imidazole rings is 1. The molecule has 0 aliphatic carbocycles. The Labute approximate surface area is 105 Å². The van der Waals surface area contributed by atoms with Gasteiger partial charge in [0.05, 0.1) is 17.6 Å². The van der Waals surface area contributed by atoms with Gasteiger partial charge in [-0.3, -0.25) is 0 Å². The van der Waals surface area contributed by atoms with Crippen LogP contribution < -0.4 is 5.32 Å². The number of aromatic nitrogens is 2. The Morgan fingerprint density at radius 1 is 1.56 bits per heavy atom. The molecule has 1 aliphatic rings. The molecule has 5 heteroatoms. The van der Waals surface area contributed by atoms with Gasteiger partial charge in [0, 0.05) is 19.6 Å². The molecule has 1 atom stereocenters. The zero-order chi connectivity index (χ0) is 12.5. The van der Waals surface area contributed by atoms with Crippen molar-refractivity contribution in [3.05, 3.63) is 29.8 Å². The van der Waals surface area contributed by atoms with Crippen LogP contribution in [0.15, 0.2) is 18.2 Å². The van der Waals surface area contributed by atoms with Crippen molar-refractivity contribution in [3.63, 3.8) is 0 Å². The quantitative estimate of drug-likeness (QED) is 0.883. The summed E-state index contributed by atoms with van der Waals surface area (Å²) in [4.78, 5) is 4.58. The van der Waals surface area contributed by atoms with E-state index in [0.717, 1.165) is 36.5 Å². The van der Waals surface area contributed by atoms with Crippen molar-refractivity contribution in [3.8, 4) is 0 Å². The predicted octanol–water partition coefficient (Wildman–Crippen LogP) is 1.86. The monoisotopic (exact) mass is 249 g/mol. The summed E-state index contributed by atoms with van der Waals surface area (Å²) < 4.78 is 21.1. The summed E-state index contributed by atoms with van der Waals surface area (Å²) >= 11 is 0. The van der Waals surface area contributed by atoms with E-state index in [0.29, 0.717) is 6.61 Å². The van der Waals surface area contributed by atoms with Crippen molar-refractivity contribution in [2.75, 3.05) is 19.7 Å². The zero-order valence-corrected chi connectivity index (χ0v) is 10.3. The Balaban J connectivity index is 2.10. The first-order valence-corrected chi connectivity index (χ1v) is 6.27. The van der Waals surface area contributed by atoms with Crippen LogP contribution in [-0.2, 0) is 11.3 Å². The molecule has 1 aromatic heterocycles. The highest BCUT2D eigenvalue weighted by molar-refractivity contribution is 5.76. The van der Waals surface area contributed by atoms with Crippen LogP contribution in [-0.4, -0.2) is 29.2 Å². The molecular formula is C13H16FN3O. The van der Waals surface area contributed by atoms with Gasteiger partial charge < -0.3 is 14.6 Å². The van der Waals surface area contributed by atoms with Crippen LogP contribution in [0.1, 0.15) is 18.9 Å². The van der Waals surface area contributed by atoms with E-state index in [2.05, 4.69) is 10.3 Å². The topological polar surface area (TPSA) is 39.1 Å². The van der Waals surface area contributed by atoms with Crippen molar-refractivity contribution < 1.29 is 9.13 Å². The molecule has 0 amide bonds. The van der Waals surface area contributed by atoms with E-state index in [1.54, 1.807) is 6.07 Å². The van der Waals surface area contributed by atoms with Gasteiger partial charge in [-0.05, 0) is 25.1 Å². The standard InChI is InChI=1S/C13H16FN3O/c1-2-17-11-7-9(14)3-4-10(11)16-13(17)12-8-15-5-6-18-12/h3-4,7,12,15H,2,5-6,8H2,1H3. The molecule has 1 aliphatic heterocycles. The second kappa shape index (κ2) is 4.66. The Morgan fingerprint density at radius 3 is 3.17 bits per heavy atom. The molecule has 1 aromatic carbocycles. The van der Waals surface area contributed by atoms with E-state index in [-0.39, 0.29) is 11.9 Å². The number of hydrogen-bond acceptors (Lipinski definition) is 3. The third kappa shape index (κ3) is 1.89. The number of morpholine rings is 1. The van der Waals surface area contributed by atoms with Gasteiger partial charge in [-0.1, -0.05) is 0 Å². The largest absolute Gasteiger partial charge is 0.368 e. The molecule has 0 saturated carbocycles. The molecule has 0 radical (unpaired) electrons. The fourth-order valence-electron chi connectivity index (χ4n) is 2.42. The van der Waals surface area contributed by atoms with Crippen LogP contribution in [0.25, 0.3) is 11.0 Å². The SMILES string of the molecule is CCn1c(C2CNCCO2)nc2ccc(F)cc21. The molecule has 1 N–H and O–H groups in total. The van der Waals surface area contributed by atoms with E-state index in [1.807, 2.05) is 11.5 Å². The van der Waals surface area contributed by atoms with Gasteiger partial charge in [-0.25, -0.2) is 9.37 Å². The number of benzene rings is 1. The lowest BCUT2D eigenvalue weighted by molar-refractivity contribution is 0.0204. The number of ether oxygens (including phenoxy) is 1. The minimum atomic E-state index is -0.230. The van der Waals surface area contributed by atoms with Gasteiger partial charge >= 0.3 is 0 Å². The minimum absolute atomic E-state index is 0.0471. The maximum Gasteiger partial charge on any atom is 0.140 e. The van der Waals surface area contributed by atoms with Crippen LogP contribution in [0, 0.1) is 5.82 Å². The lowest BCUT2D eigenvalue weighted by atomic mass is 10.3. The number of nitrogens with one attached hydrogen (secondary N) is 1. The summed E-state index contributed by atoms with van der Waals surface area (Å²) in [5.74, 6) is 0.650. The second-order valence-corrected chi connectivity index (χ2v) is 4.41. The van der Waals surface area contributed by atoms with Crippen LogP contribution in [0.2, 0.25) is 0 Å². The van der Waals surface area contributed by atoms with Crippen molar-refractivity contribution in [1.82, 2.24) is 14.9 Å². The minimum Gasteiger partial charge on any atom is -0.368 e. The summed E-state index contributed by atoms with van der Waals surface area (Å²) in [7, 11) is 0. The molecular weight excluding hydrogens is 233 g/mol. The molecule has 2 heterocycles. The fourth-order valence-corrected chi connectivity index (χ4v) is 2.42. The fraction of sp³-hybridized carbons (Fsp3) is 0.462. The lowest BCUT2D eigenvalue weighted by Crippen LogP contribution is -2.34. The average Bonchev–Trinajstić information content (AvgIpc) is 2.77. The highest BCUT2D eigenvalue weighted by Gasteiger charge is 2.22.